The van der Waals surface area contributed by atoms with Gasteiger partial charge in [-0.05, 0) is 24.3 Å². The van der Waals surface area contributed by atoms with Crippen molar-refractivity contribution in [3.05, 3.63) is 83.9 Å². The van der Waals surface area contributed by atoms with E-state index >= 15 is 0 Å². The van der Waals surface area contributed by atoms with E-state index < -0.39 is 0 Å². The Morgan fingerprint density at radius 3 is 1.83 bits per heavy atom. The van der Waals surface area contributed by atoms with Gasteiger partial charge >= 0.3 is 0 Å². The lowest BCUT2D eigenvalue weighted by Crippen LogP contribution is -1.87. The molecule has 90 valence electrons. The lowest BCUT2D eigenvalue weighted by Gasteiger charge is -2.00. The predicted molar refractivity (Wildman–Crippen MR) is 77.7 cm³/mol. The minimum Gasteiger partial charge on any atom is -0.306 e. The van der Waals surface area contributed by atoms with Gasteiger partial charge in [-0.2, -0.15) is 0 Å². The molecule has 0 amide bonds. The fourth-order valence-electron chi connectivity index (χ4n) is 1.41. The van der Waals surface area contributed by atoms with Crippen LogP contribution in [-0.2, 0) is 0 Å². The van der Waals surface area contributed by atoms with Gasteiger partial charge in [-0.15, -0.1) is 0 Å². The Bertz CT molecular complexity index is 518. The highest BCUT2D eigenvalue weighted by molar-refractivity contribution is 9.10. The number of benzene rings is 2. The Kier molecular flexibility index (Phi) is 4.73. The highest BCUT2D eigenvalue weighted by Crippen LogP contribution is 2.13. The number of rotatable bonds is 1. The van der Waals surface area contributed by atoms with Crippen LogP contribution in [0.15, 0.2) is 83.9 Å². The summed E-state index contributed by atoms with van der Waals surface area (Å²) in [4.78, 5) is 3.97. The van der Waals surface area contributed by atoms with Crippen LogP contribution in [-0.4, -0.2) is 9.55 Å². The molecular formula is C15H13BrN2. The molecule has 0 saturated heterocycles. The Labute approximate surface area is 115 Å². The summed E-state index contributed by atoms with van der Waals surface area (Å²) in [7, 11) is 0. The highest BCUT2D eigenvalue weighted by Gasteiger charge is 1.92. The van der Waals surface area contributed by atoms with E-state index in [0.717, 1.165) is 10.2 Å². The van der Waals surface area contributed by atoms with Crippen LogP contribution >= 0.6 is 15.9 Å². The lowest BCUT2D eigenvalue weighted by atomic mass is 10.3. The van der Waals surface area contributed by atoms with Gasteiger partial charge in [0.2, 0.25) is 0 Å². The summed E-state index contributed by atoms with van der Waals surface area (Å²) in [6.07, 6.45) is 5.47. The average molecular weight is 301 g/mol. The standard InChI is InChI=1S/C9H7BrN2.C6H6/c10-8-1-3-9(4-2-8)12-6-5-11-7-12;1-2-4-6-5-3-1/h1-7H;1-6H. The second kappa shape index (κ2) is 6.77. The first kappa shape index (κ1) is 12.6. The normalized spacial score (nSPS) is 9.39. The largest absolute Gasteiger partial charge is 0.306 e. The molecule has 0 saturated carbocycles. The molecular weight excluding hydrogens is 288 g/mol. The molecule has 0 unspecified atom stereocenters. The molecule has 0 radical (unpaired) electrons. The van der Waals surface area contributed by atoms with E-state index in [4.69, 9.17) is 0 Å². The monoisotopic (exact) mass is 300 g/mol. The minimum atomic E-state index is 1.09. The first-order chi connectivity index (χ1) is 8.86. The van der Waals surface area contributed by atoms with Crippen molar-refractivity contribution in [2.75, 3.05) is 0 Å². The number of imidazole rings is 1. The summed E-state index contributed by atoms with van der Waals surface area (Å²) in [5.41, 5.74) is 1.12. The summed E-state index contributed by atoms with van der Waals surface area (Å²) in [6.45, 7) is 0. The van der Waals surface area contributed by atoms with Gasteiger partial charge in [0, 0.05) is 22.6 Å². The third-order valence-corrected chi connectivity index (χ3v) is 2.82. The number of hydrogen-bond donors (Lipinski definition) is 0. The van der Waals surface area contributed by atoms with Crippen LogP contribution in [0.4, 0.5) is 0 Å². The van der Waals surface area contributed by atoms with Gasteiger partial charge in [-0.3, -0.25) is 0 Å². The van der Waals surface area contributed by atoms with E-state index in [1.54, 1.807) is 12.5 Å². The summed E-state index contributed by atoms with van der Waals surface area (Å²) in [5, 5.41) is 0. The quantitative estimate of drug-likeness (QED) is 0.654. The summed E-state index contributed by atoms with van der Waals surface area (Å²) in [5.74, 6) is 0. The topological polar surface area (TPSA) is 17.8 Å². The average Bonchev–Trinajstić information content (AvgIpc) is 2.96. The molecule has 18 heavy (non-hydrogen) atoms. The van der Waals surface area contributed by atoms with Crippen LogP contribution in [0.1, 0.15) is 0 Å². The third kappa shape index (κ3) is 3.86. The van der Waals surface area contributed by atoms with E-state index in [0.29, 0.717) is 0 Å². The van der Waals surface area contributed by atoms with Crippen molar-refractivity contribution in [2.45, 2.75) is 0 Å². The van der Waals surface area contributed by atoms with Crippen LogP contribution < -0.4 is 0 Å². The number of hydrogen-bond acceptors (Lipinski definition) is 1. The van der Waals surface area contributed by atoms with Crippen molar-refractivity contribution in [3.63, 3.8) is 0 Å². The zero-order valence-electron chi connectivity index (χ0n) is 9.78. The second-order valence-corrected chi connectivity index (χ2v) is 4.52. The molecule has 0 bridgehead atoms. The second-order valence-electron chi connectivity index (χ2n) is 3.60. The molecule has 3 rings (SSSR count). The van der Waals surface area contributed by atoms with Crippen LogP contribution in [0, 0.1) is 0 Å². The fraction of sp³-hybridized carbons (Fsp3) is 0. The van der Waals surface area contributed by atoms with E-state index in [-0.39, 0.29) is 0 Å². The maximum Gasteiger partial charge on any atom is 0.0991 e. The van der Waals surface area contributed by atoms with Crippen molar-refractivity contribution in [2.24, 2.45) is 0 Å². The molecule has 0 aliphatic rings. The molecule has 1 aromatic heterocycles. The molecule has 0 atom stereocenters. The Morgan fingerprint density at radius 2 is 1.39 bits per heavy atom. The predicted octanol–water partition coefficient (Wildman–Crippen LogP) is 4.32. The molecule has 2 aromatic carbocycles. The van der Waals surface area contributed by atoms with Crippen LogP contribution in [0.2, 0.25) is 0 Å². The summed E-state index contributed by atoms with van der Waals surface area (Å²) < 4.78 is 3.05. The SMILES string of the molecule is Brc1ccc(-n2ccnc2)cc1.c1ccccc1. The number of aromatic nitrogens is 2. The van der Waals surface area contributed by atoms with Crippen molar-refractivity contribution in [3.8, 4) is 5.69 Å². The van der Waals surface area contributed by atoms with Gasteiger partial charge in [0.15, 0.2) is 0 Å². The Morgan fingerprint density at radius 1 is 0.833 bits per heavy atom. The molecule has 0 aliphatic heterocycles. The molecule has 0 spiro atoms. The molecule has 3 heteroatoms. The van der Waals surface area contributed by atoms with Crippen molar-refractivity contribution in [1.82, 2.24) is 9.55 Å². The highest BCUT2D eigenvalue weighted by atomic mass is 79.9. The molecule has 0 fully saturated rings. The smallest absolute Gasteiger partial charge is 0.0991 e. The van der Waals surface area contributed by atoms with Crippen molar-refractivity contribution < 1.29 is 0 Å². The van der Waals surface area contributed by atoms with E-state index in [1.807, 2.05) is 71.4 Å². The first-order valence-corrected chi connectivity index (χ1v) is 6.39. The van der Waals surface area contributed by atoms with Crippen LogP contribution in [0.25, 0.3) is 5.69 Å². The molecule has 0 aliphatic carbocycles. The molecule has 0 N–H and O–H groups in total. The molecule has 2 nitrogen and oxygen atoms in total. The summed E-state index contributed by atoms with van der Waals surface area (Å²) in [6, 6.07) is 20.1. The maximum absolute atomic E-state index is 3.97. The van der Waals surface area contributed by atoms with Gasteiger partial charge in [-0.1, -0.05) is 52.3 Å². The zero-order chi connectivity index (χ0) is 12.6. The van der Waals surface area contributed by atoms with Crippen LogP contribution in [0.5, 0.6) is 0 Å². The summed E-state index contributed by atoms with van der Waals surface area (Å²) >= 11 is 3.38. The Balaban J connectivity index is 0.000000169. The van der Waals surface area contributed by atoms with E-state index in [2.05, 4.69) is 20.9 Å². The number of nitrogens with zero attached hydrogens (tertiary/aromatic N) is 2. The number of halogens is 1. The van der Waals surface area contributed by atoms with Gasteiger partial charge in [0.05, 0.1) is 6.33 Å². The van der Waals surface area contributed by atoms with Crippen LogP contribution in [0.3, 0.4) is 0 Å². The zero-order valence-corrected chi connectivity index (χ0v) is 11.4. The lowest BCUT2D eigenvalue weighted by molar-refractivity contribution is 1.06. The van der Waals surface area contributed by atoms with Crippen molar-refractivity contribution >= 4 is 15.9 Å². The molecule has 3 aromatic rings. The minimum absolute atomic E-state index is 1.09. The fourth-order valence-corrected chi connectivity index (χ4v) is 1.67. The molecule has 1 heterocycles. The van der Waals surface area contributed by atoms with Crippen molar-refractivity contribution in [1.29, 1.82) is 0 Å². The van der Waals surface area contributed by atoms with Gasteiger partial charge in [0.25, 0.3) is 0 Å². The van der Waals surface area contributed by atoms with Gasteiger partial charge in [0.1, 0.15) is 0 Å². The van der Waals surface area contributed by atoms with E-state index in [1.165, 1.54) is 0 Å². The first-order valence-electron chi connectivity index (χ1n) is 5.60. The maximum atomic E-state index is 3.97. The third-order valence-electron chi connectivity index (χ3n) is 2.30. The van der Waals surface area contributed by atoms with E-state index in [9.17, 15) is 0 Å². The van der Waals surface area contributed by atoms with Gasteiger partial charge in [-0.25, -0.2) is 4.98 Å². The van der Waals surface area contributed by atoms with Gasteiger partial charge < -0.3 is 4.57 Å². The Hall–Kier alpha value is -1.87.